The number of nitrogens with zero attached hydrogens (tertiary/aromatic N) is 1. The van der Waals surface area contributed by atoms with Gasteiger partial charge in [0, 0.05) is 20.2 Å². The number of amides is 2. The Labute approximate surface area is 149 Å². The largest absolute Gasteiger partial charge is 0.381 e. The molecule has 2 aromatic rings. The van der Waals surface area contributed by atoms with E-state index in [0.717, 1.165) is 37.1 Å². The van der Waals surface area contributed by atoms with Crippen molar-refractivity contribution in [1.82, 2.24) is 10.2 Å². The first kappa shape index (κ1) is 17.5. The Morgan fingerprint density at radius 1 is 1.04 bits per heavy atom. The summed E-state index contributed by atoms with van der Waals surface area (Å²) in [6, 6.07) is 18.3. The summed E-state index contributed by atoms with van der Waals surface area (Å²) in [4.78, 5) is 14.7. The lowest BCUT2D eigenvalue weighted by atomic mass is 9.98. The number of carbonyl (C=O) groups is 1. The van der Waals surface area contributed by atoms with Gasteiger partial charge in [-0.25, -0.2) is 4.79 Å². The van der Waals surface area contributed by atoms with Gasteiger partial charge in [0.1, 0.15) is 0 Å². The topological polar surface area (TPSA) is 41.6 Å². The molecule has 4 nitrogen and oxygen atoms in total. The van der Waals surface area contributed by atoms with Crippen LogP contribution in [0, 0.1) is 6.92 Å². The first-order valence-electron chi connectivity index (χ1n) is 8.87. The van der Waals surface area contributed by atoms with Gasteiger partial charge in [-0.15, -0.1) is 0 Å². The lowest BCUT2D eigenvalue weighted by Crippen LogP contribution is -2.46. The maximum absolute atomic E-state index is 12.8. The minimum absolute atomic E-state index is 0.0102. The van der Waals surface area contributed by atoms with Crippen LogP contribution in [-0.4, -0.2) is 37.2 Å². The highest BCUT2D eigenvalue weighted by Gasteiger charge is 2.25. The zero-order valence-electron chi connectivity index (χ0n) is 14.9. The lowest BCUT2D eigenvalue weighted by molar-refractivity contribution is 0.0501. The number of aryl methyl sites for hydroxylation is 1. The van der Waals surface area contributed by atoms with Crippen molar-refractivity contribution in [3.05, 3.63) is 71.3 Å². The van der Waals surface area contributed by atoms with Crippen molar-refractivity contribution in [1.29, 1.82) is 0 Å². The van der Waals surface area contributed by atoms with Crippen LogP contribution < -0.4 is 5.32 Å². The third-order valence-corrected chi connectivity index (χ3v) is 4.87. The van der Waals surface area contributed by atoms with Gasteiger partial charge in [-0.05, 0) is 30.9 Å². The Morgan fingerprint density at radius 2 is 1.64 bits per heavy atom. The minimum atomic E-state index is -0.144. The number of hydrogen-bond donors (Lipinski definition) is 1. The first-order chi connectivity index (χ1) is 12.2. The van der Waals surface area contributed by atoms with Gasteiger partial charge in [0.2, 0.25) is 0 Å². The molecule has 1 aliphatic rings. The maximum Gasteiger partial charge on any atom is 0.318 e. The SMILES string of the molecule is COC1CCN(C(=O)N[C@@H](c2ccccc2)c2ccc(C)cc2)CC1. The van der Waals surface area contributed by atoms with Crippen LogP contribution in [0.15, 0.2) is 54.6 Å². The van der Waals surface area contributed by atoms with Crippen molar-refractivity contribution in [3.63, 3.8) is 0 Å². The van der Waals surface area contributed by atoms with Crippen LogP contribution in [-0.2, 0) is 4.74 Å². The second-order valence-electron chi connectivity index (χ2n) is 6.63. The Bertz CT molecular complexity index is 677. The molecule has 3 rings (SSSR count). The number of nitrogens with one attached hydrogen (secondary N) is 1. The molecule has 25 heavy (non-hydrogen) atoms. The minimum Gasteiger partial charge on any atom is -0.381 e. The summed E-state index contributed by atoms with van der Waals surface area (Å²) in [5, 5.41) is 3.22. The number of urea groups is 1. The third kappa shape index (κ3) is 4.40. The van der Waals surface area contributed by atoms with Crippen molar-refractivity contribution in [2.45, 2.75) is 31.9 Å². The van der Waals surface area contributed by atoms with Gasteiger partial charge in [0.15, 0.2) is 0 Å². The smallest absolute Gasteiger partial charge is 0.318 e. The fraction of sp³-hybridized carbons (Fsp3) is 0.381. The monoisotopic (exact) mass is 338 g/mol. The molecule has 2 amide bonds. The highest BCUT2D eigenvalue weighted by Crippen LogP contribution is 2.23. The predicted molar refractivity (Wildman–Crippen MR) is 99.6 cm³/mol. The number of methoxy groups -OCH3 is 1. The van der Waals surface area contributed by atoms with E-state index >= 15 is 0 Å². The summed E-state index contributed by atoms with van der Waals surface area (Å²) in [6.45, 7) is 3.54. The van der Waals surface area contributed by atoms with E-state index in [1.807, 2.05) is 23.1 Å². The molecule has 1 fully saturated rings. The fourth-order valence-corrected chi connectivity index (χ4v) is 3.27. The van der Waals surface area contributed by atoms with Gasteiger partial charge in [0.05, 0.1) is 12.1 Å². The molecule has 4 heteroatoms. The molecule has 132 valence electrons. The molecule has 1 heterocycles. The van der Waals surface area contributed by atoms with Crippen molar-refractivity contribution in [2.75, 3.05) is 20.2 Å². The van der Waals surface area contributed by atoms with Crippen LogP contribution >= 0.6 is 0 Å². The molecule has 0 spiro atoms. The van der Waals surface area contributed by atoms with E-state index in [-0.39, 0.29) is 18.2 Å². The van der Waals surface area contributed by atoms with E-state index in [1.54, 1.807) is 7.11 Å². The molecule has 0 bridgehead atoms. The molecular formula is C21H26N2O2. The average molecular weight is 338 g/mol. The van der Waals surface area contributed by atoms with E-state index < -0.39 is 0 Å². The second-order valence-corrected chi connectivity index (χ2v) is 6.63. The third-order valence-electron chi connectivity index (χ3n) is 4.87. The number of rotatable bonds is 4. The number of carbonyl (C=O) groups excluding carboxylic acids is 1. The zero-order valence-corrected chi connectivity index (χ0v) is 14.9. The van der Waals surface area contributed by atoms with E-state index in [9.17, 15) is 4.79 Å². The van der Waals surface area contributed by atoms with E-state index in [4.69, 9.17) is 4.74 Å². The number of piperidine rings is 1. The number of ether oxygens (including phenoxy) is 1. The van der Waals surface area contributed by atoms with Crippen molar-refractivity contribution in [3.8, 4) is 0 Å². The molecule has 0 saturated carbocycles. The molecule has 0 unspecified atom stereocenters. The van der Waals surface area contributed by atoms with Crippen LogP contribution in [0.2, 0.25) is 0 Å². The van der Waals surface area contributed by atoms with Gasteiger partial charge in [-0.3, -0.25) is 0 Å². The van der Waals surface area contributed by atoms with Gasteiger partial charge in [-0.2, -0.15) is 0 Å². The summed E-state index contributed by atoms with van der Waals surface area (Å²) < 4.78 is 5.39. The quantitative estimate of drug-likeness (QED) is 0.918. The average Bonchev–Trinajstić information content (AvgIpc) is 2.67. The lowest BCUT2D eigenvalue weighted by Gasteiger charge is -2.33. The van der Waals surface area contributed by atoms with Crippen LogP contribution in [0.1, 0.15) is 35.6 Å². The number of hydrogen-bond acceptors (Lipinski definition) is 2. The van der Waals surface area contributed by atoms with Gasteiger partial charge >= 0.3 is 6.03 Å². The molecule has 1 saturated heterocycles. The first-order valence-corrected chi connectivity index (χ1v) is 8.87. The standard InChI is InChI=1S/C21H26N2O2/c1-16-8-10-18(11-9-16)20(17-6-4-3-5-7-17)22-21(24)23-14-12-19(25-2)13-15-23/h3-11,19-20H,12-15H2,1-2H3,(H,22,24)/t20-/m0/s1. The van der Waals surface area contributed by atoms with Gasteiger partial charge in [0.25, 0.3) is 0 Å². The highest BCUT2D eigenvalue weighted by atomic mass is 16.5. The van der Waals surface area contributed by atoms with Gasteiger partial charge < -0.3 is 15.0 Å². The Hall–Kier alpha value is -2.33. The normalized spacial score (nSPS) is 16.5. The van der Waals surface area contributed by atoms with E-state index in [0.29, 0.717) is 0 Å². The summed E-state index contributed by atoms with van der Waals surface area (Å²) in [6.07, 6.45) is 2.06. The molecule has 0 radical (unpaired) electrons. The molecular weight excluding hydrogens is 312 g/mol. The Morgan fingerprint density at radius 3 is 2.24 bits per heavy atom. The summed E-state index contributed by atoms with van der Waals surface area (Å²) in [7, 11) is 1.74. The number of benzene rings is 2. The van der Waals surface area contributed by atoms with E-state index in [2.05, 4.69) is 48.6 Å². The summed E-state index contributed by atoms with van der Waals surface area (Å²) >= 11 is 0. The predicted octanol–water partition coefficient (Wildman–Crippen LogP) is 3.90. The van der Waals surface area contributed by atoms with Crippen molar-refractivity contribution < 1.29 is 9.53 Å². The Balaban J connectivity index is 1.76. The molecule has 1 aliphatic heterocycles. The molecule has 0 aromatic heterocycles. The number of likely N-dealkylation sites (tertiary alicyclic amines) is 1. The second kappa shape index (κ2) is 8.17. The van der Waals surface area contributed by atoms with Crippen molar-refractivity contribution in [2.24, 2.45) is 0 Å². The van der Waals surface area contributed by atoms with Gasteiger partial charge in [-0.1, -0.05) is 60.2 Å². The summed E-state index contributed by atoms with van der Waals surface area (Å²) in [5.74, 6) is 0. The molecule has 2 aromatic carbocycles. The fourth-order valence-electron chi connectivity index (χ4n) is 3.27. The Kier molecular flexibility index (Phi) is 5.71. The zero-order chi connectivity index (χ0) is 17.6. The molecule has 1 atom stereocenters. The van der Waals surface area contributed by atoms with Crippen LogP contribution in [0.5, 0.6) is 0 Å². The highest BCUT2D eigenvalue weighted by molar-refractivity contribution is 5.75. The van der Waals surface area contributed by atoms with Crippen molar-refractivity contribution >= 4 is 6.03 Å². The van der Waals surface area contributed by atoms with Crippen LogP contribution in [0.25, 0.3) is 0 Å². The molecule has 1 N–H and O–H groups in total. The summed E-state index contributed by atoms with van der Waals surface area (Å²) in [5.41, 5.74) is 3.40. The molecule has 0 aliphatic carbocycles. The van der Waals surface area contributed by atoms with Crippen LogP contribution in [0.4, 0.5) is 4.79 Å². The maximum atomic E-state index is 12.8. The van der Waals surface area contributed by atoms with Crippen LogP contribution in [0.3, 0.4) is 0 Å². The van der Waals surface area contributed by atoms with E-state index in [1.165, 1.54) is 5.56 Å².